The molecule has 0 aromatic carbocycles. The first-order valence-corrected chi connectivity index (χ1v) is 15.0. The van der Waals surface area contributed by atoms with Gasteiger partial charge in [-0.15, -0.1) is 0 Å². The van der Waals surface area contributed by atoms with E-state index in [1.807, 2.05) is 0 Å². The molecular weight excluding hydrogens is 460 g/mol. The molecule has 37 heavy (non-hydrogen) atoms. The molecule has 0 aromatic rings. The van der Waals surface area contributed by atoms with Crippen molar-refractivity contribution in [2.75, 3.05) is 26.4 Å². The van der Waals surface area contributed by atoms with Gasteiger partial charge in [-0.25, -0.2) is 0 Å². The summed E-state index contributed by atoms with van der Waals surface area (Å²) < 4.78 is 0. The Bertz CT molecular complexity index is 359. The molecule has 0 fully saturated rings. The molecule has 0 saturated carbocycles. The van der Waals surface area contributed by atoms with Crippen LogP contribution in [-0.4, -0.2) is 46.9 Å². The molecule has 0 aromatic heterocycles. The lowest BCUT2D eigenvalue weighted by molar-refractivity contribution is 0.168. The van der Waals surface area contributed by atoms with Gasteiger partial charge in [0.05, 0.1) is 0 Å². The van der Waals surface area contributed by atoms with E-state index in [9.17, 15) is 0 Å². The summed E-state index contributed by atoms with van der Waals surface area (Å²) in [7, 11) is 0. The van der Waals surface area contributed by atoms with E-state index in [1.54, 1.807) is 0 Å². The summed E-state index contributed by atoms with van der Waals surface area (Å²) in [6.45, 7) is 31.6. The molecule has 0 spiro atoms. The maximum absolute atomic E-state index is 8.95. The fraction of sp³-hybridized carbons (Fsp3) is 1.00. The van der Waals surface area contributed by atoms with Gasteiger partial charge in [0.2, 0.25) is 0 Å². The van der Waals surface area contributed by atoms with Crippen molar-refractivity contribution in [3.8, 4) is 0 Å². The fourth-order valence-corrected chi connectivity index (χ4v) is 3.95. The van der Waals surface area contributed by atoms with Crippen molar-refractivity contribution in [3.63, 3.8) is 0 Å². The summed E-state index contributed by atoms with van der Waals surface area (Å²) in [4.78, 5) is 0. The van der Waals surface area contributed by atoms with Crippen molar-refractivity contribution in [3.05, 3.63) is 0 Å². The Kier molecular flexibility index (Phi) is 38.3. The van der Waals surface area contributed by atoms with Crippen LogP contribution in [0.3, 0.4) is 0 Å². The van der Waals surface area contributed by atoms with Crippen LogP contribution in [-0.2, 0) is 0 Å². The van der Waals surface area contributed by atoms with Crippen LogP contribution in [0.1, 0.15) is 130 Å². The molecule has 0 radical (unpaired) electrons. The lowest BCUT2D eigenvalue weighted by atomic mass is 9.88. The van der Waals surface area contributed by atoms with E-state index in [0.29, 0.717) is 85.6 Å². The fourth-order valence-electron chi connectivity index (χ4n) is 3.95. The van der Waals surface area contributed by atoms with E-state index in [1.165, 1.54) is 0 Å². The Morgan fingerprint density at radius 2 is 0.568 bits per heavy atom. The van der Waals surface area contributed by atoms with Crippen LogP contribution in [0.5, 0.6) is 0 Å². The maximum Gasteiger partial charge on any atom is 0.0461 e. The van der Waals surface area contributed by atoms with Gasteiger partial charge in [0.25, 0.3) is 0 Å². The molecule has 4 atom stereocenters. The normalized spacial score (nSPS) is 14.3. The maximum atomic E-state index is 8.95. The summed E-state index contributed by atoms with van der Waals surface area (Å²) in [5.41, 5.74) is 0. The largest absolute Gasteiger partial charge is 0.396 e. The second-order valence-electron chi connectivity index (χ2n) is 12.8. The van der Waals surface area contributed by atoms with E-state index in [4.69, 9.17) is 20.4 Å². The van der Waals surface area contributed by atoms with Gasteiger partial charge < -0.3 is 20.4 Å². The third kappa shape index (κ3) is 32.0. The lowest BCUT2D eigenvalue weighted by Gasteiger charge is -2.19. The average Bonchev–Trinajstić information content (AvgIpc) is 2.77. The topological polar surface area (TPSA) is 80.9 Å². The van der Waals surface area contributed by atoms with Gasteiger partial charge in [0, 0.05) is 26.4 Å². The van der Waals surface area contributed by atoms with Crippen LogP contribution in [0.4, 0.5) is 0 Å². The molecule has 0 bridgehead atoms. The lowest BCUT2D eigenvalue weighted by Crippen LogP contribution is -2.15. The highest BCUT2D eigenvalue weighted by atomic mass is 16.3. The minimum Gasteiger partial charge on any atom is -0.396 e. The highest BCUT2D eigenvalue weighted by Gasteiger charge is 2.14. The summed E-state index contributed by atoms with van der Waals surface area (Å²) in [5.74, 6) is 5.93. The molecule has 0 aliphatic carbocycles. The van der Waals surface area contributed by atoms with Crippen molar-refractivity contribution in [2.24, 2.45) is 59.2 Å². The average molecular weight is 537 g/mol. The van der Waals surface area contributed by atoms with Gasteiger partial charge in [-0.3, -0.25) is 0 Å². The number of rotatable bonds is 14. The Morgan fingerprint density at radius 3 is 0.595 bits per heavy atom. The third-order valence-corrected chi connectivity index (χ3v) is 7.31. The first-order chi connectivity index (χ1) is 16.6. The molecule has 232 valence electrons. The zero-order chi connectivity index (χ0) is 29.4. The Hall–Kier alpha value is -0.160. The summed E-state index contributed by atoms with van der Waals surface area (Å²) in [6, 6.07) is 0. The van der Waals surface area contributed by atoms with Gasteiger partial charge in [0.1, 0.15) is 0 Å². The van der Waals surface area contributed by atoms with Crippen molar-refractivity contribution in [2.45, 2.75) is 130 Å². The first kappa shape index (κ1) is 46.7. The van der Waals surface area contributed by atoms with Crippen LogP contribution in [0.25, 0.3) is 0 Å². The zero-order valence-electron chi connectivity index (χ0n) is 27.2. The van der Waals surface area contributed by atoms with E-state index in [2.05, 4.69) is 96.9 Å². The van der Waals surface area contributed by atoms with Gasteiger partial charge in [-0.2, -0.15) is 0 Å². The smallest absolute Gasteiger partial charge is 0.0461 e. The molecule has 0 saturated heterocycles. The highest BCUT2D eigenvalue weighted by Crippen LogP contribution is 2.19. The monoisotopic (exact) mass is 537 g/mol. The van der Waals surface area contributed by atoms with E-state index in [0.717, 1.165) is 25.7 Å². The molecule has 4 nitrogen and oxygen atoms in total. The van der Waals surface area contributed by atoms with Crippen LogP contribution in [0.2, 0.25) is 0 Å². The molecule has 2 unspecified atom stereocenters. The van der Waals surface area contributed by atoms with E-state index in [-0.39, 0.29) is 7.43 Å². The molecule has 0 aliphatic heterocycles. The quantitative estimate of drug-likeness (QED) is 0.179. The van der Waals surface area contributed by atoms with Gasteiger partial charge in [-0.1, -0.05) is 117 Å². The second kappa shape index (κ2) is 30.4. The summed E-state index contributed by atoms with van der Waals surface area (Å²) in [6.07, 6.45) is 4.48. The van der Waals surface area contributed by atoms with Crippen molar-refractivity contribution >= 4 is 0 Å². The molecule has 0 amide bonds. The van der Waals surface area contributed by atoms with Gasteiger partial charge in [0.15, 0.2) is 0 Å². The number of aliphatic hydroxyl groups is 4. The standard InChI is InChI=1S/2C9H20O.2C7H16O.CH4/c2*1-7(2)5-9(6-10)8(3)4;2*1-4-7(5-8)6(2)3;/h2*7-10H,5-6H2,1-4H3;2*6-8H,4-5H2,1-3H3;1H4/t9-;;7-;;/m1.1../s1. The molecule has 0 aliphatic rings. The third-order valence-electron chi connectivity index (χ3n) is 7.31. The van der Waals surface area contributed by atoms with Crippen molar-refractivity contribution < 1.29 is 20.4 Å². The summed E-state index contributed by atoms with van der Waals surface area (Å²) in [5, 5.41) is 35.3. The Balaban J connectivity index is -0.000000123. The molecular formula is C33H76O4. The van der Waals surface area contributed by atoms with Gasteiger partial charge in [-0.05, 0) is 72.0 Å². The molecule has 4 N–H and O–H groups in total. The van der Waals surface area contributed by atoms with Crippen molar-refractivity contribution in [1.29, 1.82) is 0 Å². The predicted molar refractivity (Wildman–Crippen MR) is 168 cm³/mol. The van der Waals surface area contributed by atoms with E-state index >= 15 is 0 Å². The molecule has 0 rings (SSSR count). The van der Waals surface area contributed by atoms with Crippen LogP contribution in [0.15, 0.2) is 0 Å². The molecule has 4 heteroatoms. The number of hydrogen-bond donors (Lipinski definition) is 4. The summed E-state index contributed by atoms with van der Waals surface area (Å²) >= 11 is 0. The second-order valence-corrected chi connectivity index (χ2v) is 12.8. The highest BCUT2D eigenvalue weighted by molar-refractivity contribution is 4.64. The van der Waals surface area contributed by atoms with E-state index < -0.39 is 0 Å². The van der Waals surface area contributed by atoms with Crippen molar-refractivity contribution in [1.82, 2.24) is 0 Å². The predicted octanol–water partition coefficient (Wildman–Crippen LogP) is 8.55. The SMILES string of the molecule is C.CC(C)CC(CO)C(C)C.CC(C)C[C@H](CO)C(C)C.CCC(CO)C(C)C.CC[C@H](CO)C(C)C. The molecule has 0 heterocycles. The minimum absolute atomic E-state index is 0. The first-order valence-electron chi connectivity index (χ1n) is 15.0. The van der Waals surface area contributed by atoms with Crippen LogP contribution < -0.4 is 0 Å². The number of hydrogen-bond acceptors (Lipinski definition) is 4. The van der Waals surface area contributed by atoms with Gasteiger partial charge >= 0.3 is 0 Å². The zero-order valence-corrected chi connectivity index (χ0v) is 27.2. The Morgan fingerprint density at radius 1 is 0.378 bits per heavy atom. The number of aliphatic hydroxyl groups excluding tert-OH is 4. The Labute approximate surface area is 236 Å². The van der Waals surface area contributed by atoms with Crippen LogP contribution >= 0.6 is 0 Å². The van der Waals surface area contributed by atoms with Crippen LogP contribution in [0, 0.1) is 59.2 Å². The minimum atomic E-state index is 0.